The van der Waals surface area contributed by atoms with E-state index in [1.165, 1.54) is 0 Å². The number of nitrogens with one attached hydrogen (secondary N) is 1. The first-order valence-corrected chi connectivity index (χ1v) is 12.1. The summed E-state index contributed by atoms with van der Waals surface area (Å²) in [6.45, 7) is 1.06. The van der Waals surface area contributed by atoms with Crippen LogP contribution in [0.1, 0.15) is 36.8 Å². The molecule has 4 rings (SSSR count). The topological polar surface area (TPSA) is 69.6 Å². The van der Waals surface area contributed by atoms with Gasteiger partial charge >= 0.3 is 0 Å². The van der Waals surface area contributed by atoms with Crippen molar-refractivity contribution in [2.75, 3.05) is 24.2 Å². The molecule has 2 aliphatic rings. The molecule has 2 N–H and O–H groups in total. The van der Waals surface area contributed by atoms with Gasteiger partial charge in [-0.05, 0) is 55.0 Å². The Kier molecular flexibility index (Phi) is 6.89. The van der Waals surface area contributed by atoms with Crippen LogP contribution in [0.5, 0.6) is 0 Å². The van der Waals surface area contributed by atoms with Crippen molar-refractivity contribution >= 4 is 40.9 Å². The average Bonchev–Trinajstić information content (AvgIpc) is 2.93. The minimum atomic E-state index is -0.913. The second-order valence-electron chi connectivity index (χ2n) is 8.21. The summed E-state index contributed by atoms with van der Waals surface area (Å²) in [6.07, 6.45) is 3.06. The highest BCUT2D eigenvalue weighted by Gasteiger charge is 2.35. The Morgan fingerprint density at radius 1 is 1.16 bits per heavy atom. The molecule has 0 spiro atoms. The zero-order valence-electron chi connectivity index (χ0n) is 17.4. The first-order valence-electron chi connectivity index (χ1n) is 10.7. The van der Waals surface area contributed by atoms with Gasteiger partial charge in [-0.15, -0.1) is 11.8 Å². The summed E-state index contributed by atoms with van der Waals surface area (Å²) < 4.78 is 0. The zero-order chi connectivity index (χ0) is 21.8. The molecule has 0 saturated carbocycles. The van der Waals surface area contributed by atoms with Crippen LogP contribution in [0.25, 0.3) is 0 Å². The SMILES string of the molecule is O=C1Nc2ccccc2CC[C@H]1SCCC(=O)N1CCC(O)(c2ccc(Cl)cc2)CC1. The van der Waals surface area contributed by atoms with E-state index in [0.29, 0.717) is 43.1 Å². The van der Waals surface area contributed by atoms with Crippen molar-refractivity contribution in [1.82, 2.24) is 4.90 Å². The van der Waals surface area contributed by atoms with Gasteiger partial charge in [0, 0.05) is 36.0 Å². The Balaban J connectivity index is 1.24. The van der Waals surface area contributed by atoms with E-state index >= 15 is 0 Å². The third-order valence-corrected chi connectivity index (χ3v) is 7.75. The van der Waals surface area contributed by atoms with Crippen molar-refractivity contribution in [1.29, 1.82) is 0 Å². The molecule has 5 nitrogen and oxygen atoms in total. The van der Waals surface area contributed by atoms with E-state index in [-0.39, 0.29) is 17.1 Å². The molecule has 164 valence electrons. The van der Waals surface area contributed by atoms with Gasteiger partial charge < -0.3 is 15.3 Å². The van der Waals surface area contributed by atoms with E-state index < -0.39 is 5.60 Å². The van der Waals surface area contributed by atoms with Crippen molar-refractivity contribution in [2.45, 2.75) is 43.0 Å². The minimum absolute atomic E-state index is 0.0217. The number of carbonyl (C=O) groups is 2. The molecule has 0 bridgehead atoms. The monoisotopic (exact) mass is 458 g/mol. The highest BCUT2D eigenvalue weighted by Crippen LogP contribution is 2.34. The van der Waals surface area contributed by atoms with Crippen molar-refractivity contribution in [3.05, 3.63) is 64.7 Å². The molecule has 2 aliphatic heterocycles. The number of amides is 2. The van der Waals surface area contributed by atoms with Crippen LogP contribution in [0.4, 0.5) is 5.69 Å². The maximum atomic E-state index is 12.7. The molecule has 1 fully saturated rings. The third-order valence-electron chi connectivity index (χ3n) is 6.20. The van der Waals surface area contributed by atoms with Crippen molar-refractivity contribution in [2.24, 2.45) is 0 Å². The number of thioether (sulfide) groups is 1. The number of fused-ring (bicyclic) bond motifs is 1. The van der Waals surface area contributed by atoms with Gasteiger partial charge in [-0.25, -0.2) is 0 Å². The van der Waals surface area contributed by atoms with Crippen molar-refractivity contribution < 1.29 is 14.7 Å². The molecule has 0 aliphatic carbocycles. The van der Waals surface area contributed by atoms with E-state index in [9.17, 15) is 14.7 Å². The Hall–Kier alpha value is -2.02. The quantitative estimate of drug-likeness (QED) is 0.703. The number of halogens is 1. The Labute approximate surface area is 192 Å². The minimum Gasteiger partial charge on any atom is -0.385 e. The average molecular weight is 459 g/mol. The summed E-state index contributed by atoms with van der Waals surface area (Å²) in [7, 11) is 0. The summed E-state index contributed by atoms with van der Waals surface area (Å²) in [6, 6.07) is 15.2. The predicted octanol–water partition coefficient (Wildman–Crippen LogP) is 4.23. The molecular weight excluding hydrogens is 432 g/mol. The number of nitrogens with zero attached hydrogens (tertiary/aromatic N) is 1. The van der Waals surface area contributed by atoms with Gasteiger partial charge in [-0.1, -0.05) is 41.9 Å². The Bertz CT molecular complexity index is 942. The standard InChI is InChI=1S/C24H27ClN2O3S/c25-19-8-6-18(7-9-19)24(30)12-14-27(15-13-24)22(28)11-16-31-21-10-5-17-3-1-2-4-20(17)26-23(21)29/h1-4,6-9,21,30H,5,10-16H2,(H,26,29)/t21-/m1/s1. The Morgan fingerprint density at radius 3 is 2.61 bits per heavy atom. The van der Waals surface area contributed by atoms with E-state index in [4.69, 9.17) is 11.6 Å². The van der Waals surface area contributed by atoms with Gasteiger partial charge in [0.15, 0.2) is 0 Å². The highest BCUT2D eigenvalue weighted by molar-refractivity contribution is 8.00. The fourth-order valence-corrected chi connectivity index (χ4v) is 5.47. The van der Waals surface area contributed by atoms with E-state index in [2.05, 4.69) is 5.32 Å². The lowest BCUT2D eigenvalue weighted by Gasteiger charge is -2.38. The van der Waals surface area contributed by atoms with Crippen LogP contribution in [0.15, 0.2) is 48.5 Å². The fourth-order valence-electron chi connectivity index (χ4n) is 4.27. The van der Waals surface area contributed by atoms with E-state index in [1.54, 1.807) is 23.9 Å². The maximum absolute atomic E-state index is 12.7. The number of para-hydroxylation sites is 1. The lowest BCUT2D eigenvalue weighted by Crippen LogP contribution is -2.45. The smallest absolute Gasteiger partial charge is 0.237 e. The number of likely N-dealkylation sites (tertiary alicyclic amines) is 1. The fraction of sp³-hybridized carbons (Fsp3) is 0.417. The predicted molar refractivity (Wildman–Crippen MR) is 125 cm³/mol. The van der Waals surface area contributed by atoms with Gasteiger partial charge in [0.1, 0.15) is 0 Å². The number of aliphatic hydroxyl groups is 1. The first kappa shape index (κ1) is 22.2. The van der Waals surface area contributed by atoms with Gasteiger partial charge in [-0.3, -0.25) is 9.59 Å². The number of carbonyl (C=O) groups excluding carboxylic acids is 2. The number of hydrogen-bond acceptors (Lipinski definition) is 4. The van der Waals surface area contributed by atoms with Crippen LogP contribution in [0, 0.1) is 0 Å². The molecule has 2 heterocycles. The zero-order valence-corrected chi connectivity index (χ0v) is 18.9. The lowest BCUT2D eigenvalue weighted by molar-refractivity contribution is -0.135. The molecule has 31 heavy (non-hydrogen) atoms. The second-order valence-corrected chi connectivity index (χ2v) is 9.96. The lowest BCUT2D eigenvalue weighted by atomic mass is 9.84. The number of benzene rings is 2. The number of aryl methyl sites for hydroxylation is 1. The number of rotatable bonds is 5. The van der Waals surface area contributed by atoms with Crippen molar-refractivity contribution in [3.8, 4) is 0 Å². The van der Waals surface area contributed by atoms with E-state index in [0.717, 1.165) is 29.7 Å². The molecule has 2 aromatic rings. The number of hydrogen-bond donors (Lipinski definition) is 2. The summed E-state index contributed by atoms with van der Waals surface area (Å²) in [4.78, 5) is 27.0. The largest absolute Gasteiger partial charge is 0.385 e. The van der Waals surface area contributed by atoms with Gasteiger partial charge in [-0.2, -0.15) is 0 Å². The van der Waals surface area contributed by atoms with Gasteiger partial charge in [0.2, 0.25) is 11.8 Å². The van der Waals surface area contributed by atoms with Crippen LogP contribution < -0.4 is 5.32 Å². The van der Waals surface area contributed by atoms with Crippen molar-refractivity contribution in [3.63, 3.8) is 0 Å². The third kappa shape index (κ3) is 5.25. The molecule has 0 aromatic heterocycles. The summed E-state index contributed by atoms with van der Waals surface area (Å²) in [5.74, 6) is 0.724. The Morgan fingerprint density at radius 2 is 1.87 bits per heavy atom. The maximum Gasteiger partial charge on any atom is 0.237 e. The summed E-state index contributed by atoms with van der Waals surface area (Å²) in [5, 5.41) is 14.5. The van der Waals surface area contributed by atoms with Crippen LogP contribution in [-0.4, -0.2) is 45.9 Å². The molecule has 0 radical (unpaired) electrons. The molecular formula is C24H27ClN2O3S. The van der Waals surface area contributed by atoms with Gasteiger partial charge in [0.05, 0.1) is 10.9 Å². The normalized spacial score (nSPS) is 20.5. The molecule has 1 atom stereocenters. The molecule has 7 heteroatoms. The number of piperidine rings is 1. The molecule has 2 aromatic carbocycles. The van der Waals surface area contributed by atoms with Crippen LogP contribution >= 0.6 is 23.4 Å². The van der Waals surface area contributed by atoms with Gasteiger partial charge in [0.25, 0.3) is 0 Å². The first-order chi connectivity index (χ1) is 14.9. The second kappa shape index (κ2) is 9.63. The van der Waals surface area contributed by atoms with Crippen LogP contribution in [0.2, 0.25) is 5.02 Å². The van der Waals surface area contributed by atoms with Crippen LogP contribution in [-0.2, 0) is 21.6 Å². The van der Waals surface area contributed by atoms with E-state index in [1.807, 2.05) is 41.3 Å². The molecule has 2 amide bonds. The molecule has 1 saturated heterocycles. The number of anilines is 1. The summed E-state index contributed by atoms with van der Waals surface area (Å²) in [5.41, 5.74) is 1.99. The molecule has 0 unspecified atom stereocenters. The van der Waals surface area contributed by atoms with Crippen LogP contribution in [0.3, 0.4) is 0 Å². The highest BCUT2D eigenvalue weighted by atomic mass is 35.5. The summed E-state index contributed by atoms with van der Waals surface area (Å²) >= 11 is 7.50.